The minimum Gasteiger partial charge on any atom is -0.467 e. The number of nitrogens with zero attached hydrogens (tertiary/aromatic N) is 3. The largest absolute Gasteiger partial charge is 0.467 e. The maximum atomic E-state index is 12.2. The van der Waals surface area contributed by atoms with Gasteiger partial charge in [-0.25, -0.2) is 0 Å². The monoisotopic (exact) mass is 295 g/mol. The van der Waals surface area contributed by atoms with E-state index in [2.05, 4.69) is 15.5 Å². The number of aromatic nitrogens is 3. The number of rotatable bonds is 6. The molecule has 0 radical (unpaired) electrons. The summed E-state index contributed by atoms with van der Waals surface area (Å²) in [5, 5.41) is 11.2. The smallest absolute Gasteiger partial charge is 0.243 e. The lowest BCUT2D eigenvalue weighted by molar-refractivity contribution is -0.124. The van der Waals surface area contributed by atoms with Gasteiger partial charge in [-0.3, -0.25) is 9.36 Å². The number of hydrogen-bond acceptors (Lipinski definition) is 6. The average molecular weight is 295 g/mol. The van der Waals surface area contributed by atoms with Gasteiger partial charge in [-0.2, -0.15) is 0 Å². The summed E-state index contributed by atoms with van der Waals surface area (Å²) >= 11 is 1.50. The third-order valence-electron chi connectivity index (χ3n) is 2.75. The highest BCUT2D eigenvalue weighted by Gasteiger charge is 2.21. The molecule has 2 heterocycles. The van der Waals surface area contributed by atoms with Gasteiger partial charge in [-0.1, -0.05) is 18.7 Å². The highest BCUT2D eigenvalue weighted by Crippen LogP contribution is 2.22. The first-order valence-electron chi connectivity index (χ1n) is 6.26. The quantitative estimate of drug-likeness (QED) is 0.782. The first-order valence-corrected chi connectivity index (χ1v) is 7.25. The lowest BCUT2D eigenvalue weighted by Crippen LogP contribution is -2.31. The highest BCUT2D eigenvalue weighted by atomic mass is 32.2. The Balaban J connectivity index is 2.04. The molecule has 7 nitrogen and oxygen atoms in total. The molecule has 2 rings (SSSR count). The van der Waals surface area contributed by atoms with Crippen LogP contribution in [0.2, 0.25) is 0 Å². The number of carbonyl (C=O) groups excluding carboxylic acids is 1. The van der Waals surface area contributed by atoms with Crippen molar-refractivity contribution in [3.63, 3.8) is 0 Å². The van der Waals surface area contributed by atoms with Crippen LogP contribution in [0.3, 0.4) is 0 Å². The molecular formula is C12H17N5O2S. The zero-order valence-corrected chi connectivity index (χ0v) is 12.2. The van der Waals surface area contributed by atoms with Crippen LogP contribution >= 0.6 is 11.8 Å². The molecule has 0 saturated heterocycles. The van der Waals surface area contributed by atoms with Gasteiger partial charge in [0.25, 0.3) is 0 Å². The van der Waals surface area contributed by atoms with Gasteiger partial charge in [0, 0.05) is 0 Å². The molecule has 2 aromatic rings. The molecule has 108 valence electrons. The van der Waals surface area contributed by atoms with Crippen LogP contribution in [-0.4, -0.2) is 26.4 Å². The molecule has 8 heteroatoms. The number of carbonyl (C=O) groups is 1. The molecule has 0 aliphatic rings. The molecule has 0 spiro atoms. The predicted octanol–water partition coefficient (Wildman–Crippen LogP) is 1.44. The number of nitrogens with two attached hydrogens (primary N) is 1. The van der Waals surface area contributed by atoms with Crippen LogP contribution < -0.4 is 11.1 Å². The molecule has 0 aromatic carbocycles. The second-order valence-corrected chi connectivity index (χ2v) is 5.35. The predicted molar refractivity (Wildman–Crippen MR) is 76.1 cm³/mol. The summed E-state index contributed by atoms with van der Waals surface area (Å²) in [7, 11) is 0. The van der Waals surface area contributed by atoms with Crippen LogP contribution in [-0.2, 0) is 11.3 Å². The fourth-order valence-electron chi connectivity index (χ4n) is 1.73. The van der Waals surface area contributed by atoms with Gasteiger partial charge < -0.3 is 15.5 Å². The summed E-state index contributed by atoms with van der Waals surface area (Å²) in [6, 6.07) is 3.10. The van der Waals surface area contributed by atoms with Crippen LogP contribution in [0.1, 0.15) is 25.6 Å². The summed E-state index contributed by atoms with van der Waals surface area (Å²) < 4.78 is 6.80. The van der Waals surface area contributed by atoms with E-state index in [0.717, 1.165) is 5.75 Å². The Labute approximate surface area is 120 Å². The molecular weight excluding hydrogens is 278 g/mol. The van der Waals surface area contributed by atoms with Gasteiger partial charge >= 0.3 is 0 Å². The molecule has 1 unspecified atom stereocenters. The molecule has 20 heavy (non-hydrogen) atoms. The standard InChI is InChI=1S/C12H17N5O2S/c1-3-20-12-16-15-11(13)17(12)8(2)10(18)14-7-9-5-4-6-19-9/h4-6,8H,3,7H2,1-2H3,(H2,13,15)(H,14,18). The zero-order valence-electron chi connectivity index (χ0n) is 11.4. The van der Waals surface area contributed by atoms with Gasteiger partial charge in [0.15, 0.2) is 5.16 Å². The Morgan fingerprint density at radius 1 is 1.60 bits per heavy atom. The van der Waals surface area contributed by atoms with E-state index in [4.69, 9.17) is 10.2 Å². The Morgan fingerprint density at radius 2 is 2.40 bits per heavy atom. The van der Waals surface area contributed by atoms with E-state index in [-0.39, 0.29) is 11.9 Å². The van der Waals surface area contributed by atoms with Gasteiger partial charge in [-0.15, -0.1) is 10.2 Å². The van der Waals surface area contributed by atoms with Crippen molar-refractivity contribution in [2.24, 2.45) is 0 Å². The number of nitrogens with one attached hydrogen (secondary N) is 1. The van der Waals surface area contributed by atoms with Crippen LogP contribution in [0, 0.1) is 0 Å². The fraction of sp³-hybridized carbons (Fsp3) is 0.417. The number of thioether (sulfide) groups is 1. The van der Waals surface area contributed by atoms with Crippen molar-refractivity contribution in [3.8, 4) is 0 Å². The van der Waals surface area contributed by atoms with Crippen LogP contribution in [0.15, 0.2) is 28.0 Å². The summed E-state index contributed by atoms with van der Waals surface area (Å²) in [5.74, 6) is 1.61. The van der Waals surface area contributed by atoms with E-state index >= 15 is 0 Å². The van der Waals surface area contributed by atoms with E-state index in [9.17, 15) is 4.79 Å². The maximum Gasteiger partial charge on any atom is 0.243 e. The Morgan fingerprint density at radius 3 is 3.05 bits per heavy atom. The molecule has 3 N–H and O–H groups in total. The van der Waals surface area contributed by atoms with Crippen molar-refractivity contribution >= 4 is 23.6 Å². The topological polar surface area (TPSA) is 99.0 Å². The average Bonchev–Trinajstić information content (AvgIpc) is 3.06. The SMILES string of the molecule is CCSc1nnc(N)n1C(C)C(=O)NCc1ccco1. The van der Waals surface area contributed by atoms with Crippen molar-refractivity contribution in [1.82, 2.24) is 20.1 Å². The van der Waals surface area contributed by atoms with Gasteiger partial charge in [0.05, 0.1) is 12.8 Å². The number of anilines is 1. The second-order valence-electron chi connectivity index (χ2n) is 4.12. The highest BCUT2D eigenvalue weighted by molar-refractivity contribution is 7.99. The van der Waals surface area contributed by atoms with Crippen LogP contribution in [0.4, 0.5) is 5.95 Å². The molecule has 0 aliphatic heterocycles. The summed E-state index contributed by atoms with van der Waals surface area (Å²) in [5.41, 5.74) is 5.78. The van der Waals surface area contributed by atoms with Crippen molar-refractivity contribution < 1.29 is 9.21 Å². The summed E-state index contributed by atoms with van der Waals surface area (Å²) in [6.45, 7) is 4.10. The van der Waals surface area contributed by atoms with Crippen molar-refractivity contribution in [3.05, 3.63) is 24.2 Å². The van der Waals surface area contributed by atoms with Crippen LogP contribution in [0.25, 0.3) is 0 Å². The normalized spacial score (nSPS) is 12.3. The van der Waals surface area contributed by atoms with Crippen LogP contribution in [0.5, 0.6) is 0 Å². The van der Waals surface area contributed by atoms with Crippen molar-refractivity contribution in [1.29, 1.82) is 0 Å². The lowest BCUT2D eigenvalue weighted by Gasteiger charge is -2.15. The Hall–Kier alpha value is -1.96. The van der Waals surface area contributed by atoms with Crippen molar-refractivity contribution in [2.75, 3.05) is 11.5 Å². The zero-order chi connectivity index (χ0) is 14.5. The van der Waals surface area contributed by atoms with Gasteiger partial charge in [0.1, 0.15) is 11.8 Å². The molecule has 1 amide bonds. The summed E-state index contributed by atoms with van der Waals surface area (Å²) in [4.78, 5) is 12.2. The second kappa shape index (κ2) is 6.47. The molecule has 0 fully saturated rings. The molecule has 2 aromatic heterocycles. The molecule has 0 aliphatic carbocycles. The lowest BCUT2D eigenvalue weighted by atomic mass is 10.3. The third kappa shape index (κ3) is 3.13. The summed E-state index contributed by atoms with van der Waals surface area (Å²) in [6.07, 6.45) is 1.57. The minimum atomic E-state index is -0.478. The van der Waals surface area contributed by atoms with Crippen molar-refractivity contribution in [2.45, 2.75) is 31.6 Å². The molecule has 0 bridgehead atoms. The molecule has 1 atom stereocenters. The van der Waals surface area contributed by atoms with E-state index in [1.165, 1.54) is 11.8 Å². The van der Waals surface area contributed by atoms with E-state index in [1.807, 2.05) is 6.92 Å². The number of hydrogen-bond donors (Lipinski definition) is 2. The Bertz CT molecular complexity index is 566. The first-order chi connectivity index (χ1) is 9.63. The number of nitrogen functional groups attached to an aromatic ring is 1. The van der Waals surface area contributed by atoms with E-state index < -0.39 is 6.04 Å². The van der Waals surface area contributed by atoms with E-state index in [1.54, 1.807) is 29.9 Å². The third-order valence-corrected chi connectivity index (χ3v) is 3.57. The molecule has 0 saturated carbocycles. The van der Waals surface area contributed by atoms with Gasteiger partial charge in [0.2, 0.25) is 11.9 Å². The number of furan rings is 1. The number of amides is 1. The minimum absolute atomic E-state index is 0.161. The maximum absolute atomic E-state index is 12.2. The first kappa shape index (κ1) is 14.4. The Kier molecular flexibility index (Phi) is 4.67. The fourth-order valence-corrected chi connectivity index (χ4v) is 2.48. The van der Waals surface area contributed by atoms with E-state index in [0.29, 0.717) is 17.5 Å². The van der Waals surface area contributed by atoms with Gasteiger partial charge in [-0.05, 0) is 24.8 Å².